The van der Waals surface area contributed by atoms with Crippen LogP contribution in [0.25, 0.3) is 0 Å². The first-order chi connectivity index (χ1) is 27.2. The summed E-state index contributed by atoms with van der Waals surface area (Å²) >= 11 is 13.4. The Hall–Kier alpha value is -1.43. The van der Waals surface area contributed by atoms with Gasteiger partial charge in [-0.2, -0.15) is 0 Å². The molecule has 0 aliphatic heterocycles. The summed E-state index contributed by atoms with van der Waals surface area (Å²) in [6.45, 7) is 22.6. The molecule has 0 N–H and O–H groups in total. The molecule has 0 aliphatic rings. The standard InChI is InChI=1S/C52H86O2S3/c1-11-13-15-17-19-21-23-25-27-29-31-33-35-49(55)53-45-37-41(3)47(39-43(45)51(5,6)7)57-48-40-44(52(8,9)10)46(38-42(48)4)54-50(56)36-34-32-30-28-26-24-22-20-18-16-14-12-2/h37-40H,11-36H2,1-10H3. The molecule has 0 saturated carbocycles. The number of benzene rings is 2. The lowest BCUT2D eigenvalue weighted by molar-refractivity contribution is 0.493. The molecule has 2 rings (SSSR count). The highest BCUT2D eigenvalue weighted by atomic mass is 32.2. The molecule has 0 aliphatic carbocycles. The topological polar surface area (TPSA) is 18.5 Å². The van der Waals surface area contributed by atoms with Crippen molar-refractivity contribution in [1.29, 1.82) is 0 Å². The molecule has 0 amide bonds. The van der Waals surface area contributed by atoms with Gasteiger partial charge in [-0.05, 0) is 97.3 Å². The SMILES string of the molecule is CCCCCCCCCCCCCCC(=S)Oc1cc(C)c(Sc2cc(C(C)(C)C)c(OC(=S)CCCCCCCCCCCCCC)cc2C)cc1C(C)(C)C. The molecule has 0 heterocycles. The molecule has 2 aromatic rings. The Morgan fingerprint density at radius 2 is 0.702 bits per heavy atom. The van der Waals surface area contributed by atoms with Crippen LogP contribution in [0.5, 0.6) is 11.5 Å². The third-order valence-corrected chi connectivity index (χ3v) is 13.2. The maximum absolute atomic E-state index is 6.47. The van der Waals surface area contributed by atoms with E-state index in [9.17, 15) is 0 Å². The van der Waals surface area contributed by atoms with E-state index in [2.05, 4.69) is 93.5 Å². The van der Waals surface area contributed by atoms with E-state index < -0.39 is 0 Å². The summed E-state index contributed by atoms with van der Waals surface area (Å²) in [5, 5.41) is 1.43. The lowest BCUT2D eigenvalue weighted by atomic mass is 9.85. The zero-order valence-electron chi connectivity index (χ0n) is 38.7. The zero-order valence-corrected chi connectivity index (χ0v) is 41.2. The molecule has 2 nitrogen and oxygen atoms in total. The highest BCUT2D eigenvalue weighted by Gasteiger charge is 2.25. The molecule has 2 aromatic carbocycles. The number of unbranched alkanes of at least 4 members (excludes halogenated alkanes) is 22. The number of rotatable bonds is 30. The third kappa shape index (κ3) is 22.1. The Morgan fingerprint density at radius 1 is 0.439 bits per heavy atom. The van der Waals surface area contributed by atoms with Gasteiger partial charge in [-0.25, -0.2) is 0 Å². The summed E-state index contributed by atoms with van der Waals surface area (Å²) in [4.78, 5) is 2.50. The number of thiocarbonyl (C=S) groups is 2. The number of hydrogen-bond donors (Lipinski definition) is 0. The molecule has 0 radical (unpaired) electrons. The average Bonchev–Trinajstić information content (AvgIpc) is 3.13. The normalized spacial score (nSPS) is 12.0. The molecular weight excluding hydrogens is 753 g/mol. The monoisotopic (exact) mass is 839 g/mol. The Balaban J connectivity index is 1.95. The first-order valence-electron chi connectivity index (χ1n) is 23.6. The van der Waals surface area contributed by atoms with Gasteiger partial charge in [0.05, 0.1) is 0 Å². The Labute approximate surface area is 368 Å². The van der Waals surface area contributed by atoms with Crippen molar-refractivity contribution in [3.63, 3.8) is 0 Å². The minimum atomic E-state index is -0.0868. The van der Waals surface area contributed by atoms with Gasteiger partial charge in [-0.15, -0.1) is 0 Å². The van der Waals surface area contributed by atoms with Gasteiger partial charge >= 0.3 is 0 Å². The number of hydrogen-bond acceptors (Lipinski definition) is 5. The number of aryl methyl sites for hydroxylation is 2. The first-order valence-corrected chi connectivity index (χ1v) is 25.2. The van der Waals surface area contributed by atoms with Crippen LogP contribution in [0, 0.1) is 13.8 Å². The van der Waals surface area contributed by atoms with E-state index in [4.69, 9.17) is 33.9 Å². The fourth-order valence-corrected chi connectivity index (χ4v) is 9.07. The Morgan fingerprint density at radius 3 is 0.965 bits per heavy atom. The van der Waals surface area contributed by atoms with E-state index in [1.54, 1.807) is 0 Å². The Kier molecular flexibility index (Phi) is 26.2. The summed E-state index contributed by atoms with van der Waals surface area (Å²) in [5.41, 5.74) is 4.63. The Bertz CT molecular complexity index is 1320. The maximum atomic E-state index is 6.47. The molecule has 0 atom stereocenters. The van der Waals surface area contributed by atoms with Crippen LogP contribution in [-0.4, -0.2) is 10.1 Å². The third-order valence-electron chi connectivity index (χ3n) is 11.3. The van der Waals surface area contributed by atoms with Crippen molar-refractivity contribution >= 4 is 46.3 Å². The second-order valence-electron chi connectivity index (χ2n) is 19.1. The molecule has 5 heteroatoms. The van der Waals surface area contributed by atoms with Crippen molar-refractivity contribution < 1.29 is 9.47 Å². The van der Waals surface area contributed by atoms with E-state index in [-0.39, 0.29) is 10.8 Å². The molecule has 0 spiro atoms. The summed E-state index contributed by atoms with van der Waals surface area (Å²) in [6, 6.07) is 9.10. The quantitative estimate of drug-likeness (QED) is 0.0575. The van der Waals surface area contributed by atoms with E-state index in [0.29, 0.717) is 10.1 Å². The largest absolute Gasteiger partial charge is 0.450 e. The van der Waals surface area contributed by atoms with Crippen LogP contribution in [0.1, 0.15) is 245 Å². The molecule has 0 bridgehead atoms. The van der Waals surface area contributed by atoms with Crippen LogP contribution >= 0.6 is 36.2 Å². The summed E-state index contributed by atoms with van der Waals surface area (Å²) in [5.74, 6) is 1.82. The van der Waals surface area contributed by atoms with Crippen molar-refractivity contribution in [2.45, 2.75) is 257 Å². The van der Waals surface area contributed by atoms with Gasteiger partial charge in [0.2, 0.25) is 0 Å². The lowest BCUT2D eigenvalue weighted by Crippen LogP contribution is -2.16. The summed E-state index contributed by atoms with van der Waals surface area (Å²) in [6.07, 6.45) is 33.9. The minimum absolute atomic E-state index is 0.0868. The first kappa shape index (κ1) is 51.7. The highest BCUT2D eigenvalue weighted by Crippen LogP contribution is 2.43. The molecule has 0 aromatic heterocycles. The van der Waals surface area contributed by atoms with Crippen molar-refractivity contribution in [3.05, 3.63) is 46.5 Å². The molecular formula is C52H86O2S3. The van der Waals surface area contributed by atoms with Crippen molar-refractivity contribution in [1.82, 2.24) is 0 Å². The van der Waals surface area contributed by atoms with Crippen LogP contribution in [0.4, 0.5) is 0 Å². The van der Waals surface area contributed by atoms with Gasteiger partial charge in [0.15, 0.2) is 10.1 Å². The van der Waals surface area contributed by atoms with E-state index >= 15 is 0 Å². The zero-order chi connectivity index (χ0) is 42.1. The highest BCUT2D eigenvalue weighted by molar-refractivity contribution is 7.99. The molecule has 0 unspecified atom stereocenters. The minimum Gasteiger partial charge on any atom is -0.450 e. The fourth-order valence-electron chi connectivity index (χ4n) is 7.57. The van der Waals surface area contributed by atoms with Crippen molar-refractivity contribution in [3.8, 4) is 11.5 Å². The van der Waals surface area contributed by atoms with Crippen LogP contribution in [0.15, 0.2) is 34.1 Å². The lowest BCUT2D eigenvalue weighted by Gasteiger charge is -2.26. The van der Waals surface area contributed by atoms with Gasteiger partial charge < -0.3 is 9.47 Å². The second kappa shape index (κ2) is 28.9. The van der Waals surface area contributed by atoms with Gasteiger partial charge in [-0.1, -0.05) is 208 Å². The smallest absolute Gasteiger partial charge is 0.167 e. The van der Waals surface area contributed by atoms with Crippen LogP contribution in [-0.2, 0) is 10.8 Å². The molecule has 324 valence electrons. The van der Waals surface area contributed by atoms with E-state index in [1.165, 1.54) is 173 Å². The van der Waals surface area contributed by atoms with Crippen molar-refractivity contribution in [2.24, 2.45) is 0 Å². The maximum Gasteiger partial charge on any atom is 0.167 e. The van der Waals surface area contributed by atoms with Crippen LogP contribution < -0.4 is 9.47 Å². The fraction of sp³-hybridized carbons (Fsp3) is 0.731. The van der Waals surface area contributed by atoms with Crippen LogP contribution in [0.2, 0.25) is 0 Å². The summed E-state index contributed by atoms with van der Waals surface area (Å²) < 4.78 is 12.9. The second-order valence-corrected chi connectivity index (χ2v) is 21.1. The van der Waals surface area contributed by atoms with Crippen LogP contribution in [0.3, 0.4) is 0 Å². The van der Waals surface area contributed by atoms with E-state index in [0.717, 1.165) is 37.2 Å². The predicted molar refractivity (Wildman–Crippen MR) is 262 cm³/mol. The average molecular weight is 839 g/mol. The van der Waals surface area contributed by atoms with Crippen molar-refractivity contribution in [2.75, 3.05) is 0 Å². The predicted octanol–water partition coefficient (Wildman–Crippen LogP) is 18.6. The molecule has 0 saturated heterocycles. The van der Waals surface area contributed by atoms with Gasteiger partial charge in [-0.3, -0.25) is 0 Å². The molecule has 0 fully saturated rings. The van der Waals surface area contributed by atoms with Gasteiger partial charge in [0.1, 0.15) is 11.5 Å². The molecule has 57 heavy (non-hydrogen) atoms. The summed E-state index contributed by atoms with van der Waals surface area (Å²) in [7, 11) is 0. The van der Waals surface area contributed by atoms with Gasteiger partial charge in [0, 0.05) is 33.8 Å². The van der Waals surface area contributed by atoms with E-state index in [1.807, 2.05) is 11.8 Å². The number of ether oxygens (including phenoxy) is 2. The van der Waals surface area contributed by atoms with Gasteiger partial charge in [0.25, 0.3) is 0 Å².